The maximum Gasteiger partial charge on any atom is 0.343 e. The summed E-state index contributed by atoms with van der Waals surface area (Å²) in [4.78, 5) is 26.0. The second kappa shape index (κ2) is 8.96. The van der Waals surface area contributed by atoms with Crippen LogP contribution in [0.2, 0.25) is 0 Å². The van der Waals surface area contributed by atoms with Crippen molar-refractivity contribution in [1.29, 1.82) is 0 Å². The lowest BCUT2D eigenvalue weighted by molar-refractivity contribution is 0.0733. The molecule has 0 radical (unpaired) electrons. The molecule has 0 atom stereocenters. The van der Waals surface area contributed by atoms with E-state index < -0.39 is 5.97 Å². The zero-order valence-corrected chi connectivity index (χ0v) is 21.8. The average Bonchev–Trinajstić information content (AvgIpc) is 3.36. The summed E-state index contributed by atoms with van der Waals surface area (Å²) in [6.07, 6.45) is 3.69. The number of esters is 1. The van der Waals surface area contributed by atoms with Crippen molar-refractivity contribution in [1.82, 2.24) is 4.57 Å². The Morgan fingerprint density at radius 1 is 1.03 bits per heavy atom. The summed E-state index contributed by atoms with van der Waals surface area (Å²) in [5.74, 6) is 1.03. The summed E-state index contributed by atoms with van der Waals surface area (Å²) < 4.78 is 19.1. The molecule has 0 bridgehead atoms. The number of aromatic nitrogens is 1. The van der Waals surface area contributed by atoms with Crippen molar-refractivity contribution in [2.75, 3.05) is 7.11 Å². The van der Waals surface area contributed by atoms with Crippen LogP contribution in [0.4, 0.5) is 0 Å². The molecule has 2 heterocycles. The minimum atomic E-state index is -0.465. The van der Waals surface area contributed by atoms with Crippen molar-refractivity contribution in [3.63, 3.8) is 0 Å². The van der Waals surface area contributed by atoms with E-state index in [0.717, 1.165) is 27.8 Å². The molecule has 0 N–H and O–H groups in total. The standard InChI is InChI=1S/C31H29NO5/c1-18-26(37-30(34)19-7-9-21(10-8-19)31(2,3)4)14-12-23-28(33)27(36-29(18)23)15-20-17-32(5)25-13-11-22(35-6)16-24(20)25/h7-17H,1-6H3/b27-15+. The number of carbonyl (C=O) groups is 2. The van der Waals surface area contributed by atoms with Crippen LogP contribution in [0, 0.1) is 6.92 Å². The Balaban J connectivity index is 1.42. The van der Waals surface area contributed by atoms with E-state index in [1.165, 1.54) is 0 Å². The molecule has 0 saturated heterocycles. The molecule has 0 fully saturated rings. The lowest BCUT2D eigenvalue weighted by atomic mass is 9.87. The van der Waals surface area contributed by atoms with Gasteiger partial charge in [0, 0.05) is 35.3 Å². The molecule has 0 unspecified atom stereocenters. The summed E-state index contributed by atoms with van der Waals surface area (Å²) >= 11 is 0. The van der Waals surface area contributed by atoms with Gasteiger partial charge < -0.3 is 18.8 Å². The highest BCUT2D eigenvalue weighted by atomic mass is 16.5. The normalized spacial score (nSPS) is 14.1. The number of ketones is 1. The topological polar surface area (TPSA) is 66.8 Å². The van der Waals surface area contributed by atoms with Crippen molar-refractivity contribution < 1.29 is 23.8 Å². The van der Waals surface area contributed by atoms with Crippen LogP contribution < -0.4 is 14.2 Å². The SMILES string of the molecule is COc1ccc2c(c1)c(/C=C1/Oc3c(ccc(OC(=O)c4ccc(C(C)(C)C)cc4)c3C)C1=O)cn2C. The van der Waals surface area contributed by atoms with Gasteiger partial charge in [-0.05, 0) is 66.4 Å². The number of hydrogen-bond donors (Lipinski definition) is 0. The predicted octanol–water partition coefficient (Wildman–Crippen LogP) is 6.63. The Morgan fingerprint density at radius 3 is 2.43 bits per heavy atom. The van der Waals surface area contributed by atoms with Gasteiger partial charge in [0.15, 0.2) is 5.76 Å². The average molecular weight is 496 g/mol. The first-order valence-electron chi connectivity index (χ1n) is 12.1. The van der Waals surface area contributed by atoms with E-state index in [1.807, 2.05) is 48.1 Å². The van der Waals surface area contributed by atoms with Gasteiger partial charge in [-0.1, -0.05) is 32.9 Å². The number of aryl methyl sites for hydroxylation is 1. The molecule has 0 aliphatic carbocycles. The van der Waals surface area contributed by atoms with Gasteiger partial charge in [-0.25, -0.2) is 4.79 Å². The van der Waals surface area contributed by atoms with Crippen LogP contribution in [0.1, 0.15) is 58.2 Å². The number of fused-ring (bicyclic) bond motifs is 2. The molecule has 188 valence electrons. The predicted molar refractivity (Wildman–Crippen MR) is 144 cm³/mol. The highest BCUT2D eigenvalue weighted by molar-refractivity contribution is 6.15. The Morgan fingerprint density at radius 2 is 1.76 bits per heavy atom. The van der Waals surface area contributed by atoms with Crippen LogP contribution >= 0.6 is 0 Å². The number of rotatable bonds is 4. The molecule has 37 heavy (non-hydrogen) atoms. The van der Waals surface area contributed by atoms with Gasteiger partial charge in [-0.3, -0.25) is 4.79 Å². The number of allylic oxidation sites excluding steroid dienone is 1. The number of Topliss-reactive ketones (excluding diaryl/α,β-unsaturated/α-hetero) is 1. The Kier molecular flexibility index (Phi) is 5.91. The lowest BCUT2D eigenvalue weighted by Gasteiger charge is -2.19. The van der Waals surface area contributed by atoms with Crippen LogP contribution in [0.15, 0.2) is 66.6 Å². The lowest BCUT2D eigenvalue weighted by Crippen LogP contribution is -2.13. The highest BCUT2D eigenvalue weighted by Gasteiger charge is 2.31. The summed E-state index contributed by atoms with van der Waals surface area (Å²) in [5.41, 5.74) is 4.47. The quantitative estimate of drug-likeness (QED) is 0.181. The van der Waals surface area contributed by atoms with Crippen LogP contribution in [0.5, 0.6) is 17.2 Å². The summed E-state index contributed by atoms with van der Waals surface area (Å²) in [6, 6.07) is 16.5. The fourth-order valence-corrected chi connectivity index (χ4v) is 4.53. The molecule has 3 aromatic carbocycles. The molecule has 1 aliphatic rings. The maximum atomic E-state index is 13.2. The third-order valence-electron chi connectivity index (χ3n) is 6.74. The fraction of sp³-hybridized carbons (Fsp3) is 0.226. The summed E-state index contributed by atoms with van der Waals surface area (Å²) in [6.45, 7) is 8.14. The Labute approximate surface area is 216 Å². The molecular weight excluding hydrogens is 466 g/mol. The number of ether oxygens (including phenoxy) is 3. The van der Waals surface area contributed by atoms with Crippen molar-refractivity contribution in [2.24, 2.45) is 7.05 Å². The van der Waals surface area contributed by atoms with E-state index in [1.54, 1.807) is 44.4 Å². The van der Waals surface area contributed by atoms with E-state index in [4.69, 9.17) is 14.2 Å². The van der Waals surface area contributed by atoms with E-state index in [-0.39, 0.29) is 17.0 Å². The van der Waals surface area contributed by atoms with E-state index in [9.17, 15) is 9.59 Å². The first-order chi connectivity index (χ1) is 17.6. The molecule has 5 rings (SSSR count). The number of nitrogens with zero attached hydrogens (tertiary/aromatic N) is 1. The molecule has 0 amide bonds. The molecule has 1 aromatic heterocycles. The zero-order chi connectivity index (χ0) is 26.5. The van der Waals surface area contributed by atoms with E-state index in [2.05, 4.69) is 20.8 Å². The van der Waals surface area contributed by atoms with Gasteiger partial charge in [0.05, 0.1) is 18.2 Å². The number of hydrogen-bond acceptors (Lipinski definition) is 5. The summed E-state index contributed by atoms with van der Waals surface area (Å²) in [7, 11) is 3.57. The Bertz CT molecular complexity index is 1580. The Hall–Kier alpha value is -4.32. The minimum absolute atomic E-state index is 0.00772. The highest BCUT2D eigenvalue weighted by Crippen LogP contribution is 2.40. The van der Waals surface area contributed by atoms with Crippen molar-refractivity contribution in [3.05, 3.63) is 94.4 Å². The molecule has 0 saturated carbocycles. The summed E-state index contributed by atoms with van der Waals surface area (Å²) in [5, 5.41) is 0.950. The van der Waals surface area contributed by atoms with Crippen LogP contribution in [-0.4, -0.2) is 23.4 Å². The van der Waals surface area contributed by atoms with Gasteiger partial charge in [-0.2, -0.15) is 0 Å². The van der Waals surface area contributed by atoms with Gasteiger partial charge in [0.1, 0.15) is 17.2 Å². The molecule has 1 aliphatic heterocycles. The molecule has 4 aromatic rings. The smallest absolute Gasteiger partial charge is 0.343 e. The number of benzene rings is 3. The van der Waals surface area contributed by atoms with E-state index in [0.29, 0.717) is 28.2 Å². The number of methoxy groups -OCH3 is 1. The van der Waals surface area contributed by atoms with Gasteiger partial charge in [0.2, 0.25) is 5.78 Å². The minimum Gasteiger partial charge on any atom is -0.497 e. The molecule has 6 nitrogen and oxygen atoms in total. The van der Waals surface area contributed by atoms with Gasteiger partial charge >= 0.3 is 5.97 Å². The van der Waals surface area contributed by atoms with E-state index >= 15 is 0 Å². The first-order valence-corrected chi connectivity index (χ1v) is 12.1. The first kappa shape index (κ1) is 24.4. The van der Waals surface area contributed by atoms with Crippen LogP contribution in [0.3, 0.4) is 0 Å². The van der Waals surface area contributed by atoms with Crippen molar-refractivity contribution in [2.45, 2.75) is 33.1 Å². The molecule has 0 spiro atoms. The number of carbonyl (C=O) groups excluding carboxylic acids is 2. The monoisotopic (exact) mass is 495 g/mol. The van der Waals surface area contributed by atoms with Crippen molar-refractivity contribution in [3.8, 4) is 17.2 Å². The van der Waals surface area contributed by atoms with Crippen LogP contribution in [-0.2, 0) is 12.5 Å². The van der Waals surface area contributed by atoms with Gasteiger partial charge in [0.25, 0.3) is 0 Å². The third-order valence-corrected chi connectivity index (χ3v) is 6.74. The second-order valence-electron chi connectivity index (χ2n) is 10.3. The van der Waals surface area contributed by atoms with Gasteiger partial charge in [-0.15, -0.1) is 0 Å². The van der Waals surface area contributed by atoms with Crippen LogP contribution in [0.25, 0.3) is 17.0 Å². The maximum absolute atomic E-state index is 13.2. The molecular formula is C31H29NO5. The molecule has 6 heteroatoms. The largest absolute Gasteiger partial charge is 0.497 e. The third kappa shape index (κ3) is 4.40. The second-order valence-corrected chi connectivity index (χ2v) is 10.3. The zero-order valence-electron chi connectivity index (χ0n) is 21.8. The van der Waals surface area contributed by atoms with Crippen molar-refractivity contribution >= 4 is 28.7 Å². The fourth-order valence-electron chi connectivity index (χ4n) is 4.53.